The zero-order chi connectivity index (χ0) is 16.2. The largest absolute Gasteiger partial charge is 0.353 e. The van der Waals surface area contributed by atoms with Crippen molar-refractivity contribution in [3.8, 4) is 11.5 Å². The maximum atomic E-state index is 12.6. The molecule has 3 heterocycles. The van der Waals surface area contributed by atoms with Crippen molar-refractivity contribution < 1.29 is 4.79 Å². The van der Waals surface area contributed by atoms with Crippen LogP contribution >= 0.6 is 0 Å². The van der Waals surface area contributed by atoms with Gasteiger partial charge in [0.05, 0.1) is 12.1 Å². The van der Waals surface area contributed by atoms with Crippen LogP contribution in [0.25, 0.3) is 11.5 Å². The molecule has 0 aromatic carbocycles. The topological polar surface area (TPSA) is 85.6 Å². The highest BCUT2D eigenvalue weighted by Crippen LogP contribution is 2.29. The van der Waals surface area contributed by atoms with Crippen molar-refractivity contribution in [3.63, 3.8) is 0 Å². The van der Waals surface area contributed by atoms with Gasteiger partial charge >= 0.3 is 0 Å². The highest BCUT2D eigenvalue weighted by molar-refractivity contribution is 5.83. The molecule has 0 saturated carbocycles. The van der Waals surface area contributed by atoms with Gasteiger partial charge < -0.3 is 9.88 Å². The lowest BCUT2D eigenvalue weighted by molar-refractivity contribution is -0.124. The molecule has 0 fully saturated rings. The summed E-state index contributed by atoms with van der Waals surface area (Å²) in [7, 11) is 0. The lowest BCUT2D eigenvalue weighted by atomic mass is 9.97. The lowest BCUT2D eigenvalue weighted by Gasteiger charge is -2.25. The molecule has 1 atom stereocenters. The van der Waals surface area contributed by atoms with Crippen LogP contribution in [0.2, 0.25) is 0 Å². The number of hydrogen-bond acceptors (Lipinski definition) is 5. The van der Waals surface area contributed by atoms with Crippen LogP contribution in [0.5, 0.6) is 0 Å². The fraction of sp³-hybridized carbons (Fsp3) is 0.562. The molecule has 1 amide bonds. The first-order valence-corrected chi connectivity index (χ1v) is 8.24. The van der Waals surface area contributed by atoms with Gasteiger partial charge in [-0.1, -0.05) is 13.8 Å². The van der Waals surface area contributed by atoms with Crippen LogP contribution in [0.15, 0.2) is 18.6 Å². The Balaban J connectivity index is 1.86. The van der Waals surface area contributed by atoms with Crippen molar-refractivity contribution in [3.05, 3.63) is 24.4 Å². The van der Waals surface area contributed by atoms with Gasteiger partial charge in [-0.15, -0.1) is 10.2 Å². The van der Waals surface area contributed by atoms with Crippen LogP contribution in [0, 0.1) is 0 Å². The molecular formula is C16H22N6O. The second-order valence-corrected chi connectivity index (χ2v) is 5.84. The van der Waals surface area contributed by atoms with Crippen molar-refractivity contribution in [1.29, 1.82) is 0 Å². The van der Waals surface area contributed by atoms with Crippen LogP contribution in [0.1, 0.15) is 51.3 Å². The molecule has 3 rings (SSSR count). The van der Waals surface area contributed by atoms with E-state index in [9.17, 15) is 4.79 Å². The average molecular weight is 314 g/mol. The molecule has 0 aliphatic carbocycles. The number of fused-ring (bicyclic) bond motifs is 1. The number of nitrogens with one attached hydrogen (secondary N) is 1. The van der Waals surface area contributed by atoms with Gasteiger partial charge in [0.15, 0.2) is 5.82 Å². The van der Waals surface area contributed by atoms with Gasteiger partial charge in [-0.2, -0.15) is 0 Å². The zero-order valence-electron chi connectivity index (χ0n) is 13.6. The summed E-state index contributed by atoms with van der Waals surface area (Å²) in [5.74, 6) is 1.24. The Morgan fingerprint density at radius 2 is 2.17 bits per heavy atom. The predicted octanol–water partition coefficient (Wildman–Crippen LogP) is 1.92. The molecule has 7 heteroatoms. The van der Waals surface area contributed by atoms with Crippen LogP contribution in [-0.2, 0) is 11.3 Å². The molecule has 1 unspecified atom stereocenters. The Morgan fingerprint density at radius 3 is 2.87 bits per heavy atom. The van der Waals surface area contributed by atoms with E-state index >= 15 is 0 Å². The van der Waals surface area contributed by atoms with Gasteiger partial charge in [0.2, 0.25) is 5.91 Å². The number of carbonyl (C=O) groups excluding carboxylic acids is 1. The third kappa shape index (κ3) is 3.09. The monoisotopic (exact) mass is 314 g/mol. The number of hydrogen-bond donors (Lipinski definition) is 1. The summed E-state index contributed by atoms with van der Waals surface area (Å²) in [5, 5.41) is 11.7. The summed E-state index contributed by atoms with van der Waals surface area (Å²) in [6, 6.07) is 0.222. The minimum atomic E-state index is -0.234. The second kappa shape index (κ2) is 6.85. The number of amides is 1. The summed E-state index contributed by atoms with van der Waals surface area (Å²) in [6.45, 7) is 4.98. The van der Waals surface area contributed by atoms with E-state index in [2.05, 4.69) is 39.3 Å². The standard InChI is InChI=1S/C16H22N6O/c1-3-11(4-2)19-16(23)12-6-5-9-22-14(12)20-21-15(22)13-10-17-7-8-18-13/h7-8,10-12H,3-6,9H2,1-2H3,(H,19,23). The Kier molecular flexibility index (Phi) is 4.64. The van der Waals surface area contributed by atoms with Gasteiger partial charge in [-0.05, 0) is 25.7 Å². The minimum Gasteiger partial charge on any atom is -0.353 e. The molecule has 1 aliphatic heterocycles. The van der Waals surface area contributed by atoms with E-state index in [1.807, 2.05) is 4.57 Å². The maximum Gasteiger partial charge on any atom is 0.231 e. The molecule has 2 aromatic rings. The van der Waals surface area contributed by atoms with E-state index < -0.39 is 0 Å². The summed E-state index contributed by atoms with van der Waals surface area (Å²) >= 11 is 0. The summed E-state index contributed by atoms with van der Waals surface area (Å²) in [6.07, 6.45) is 8.55. The van der Waals surface area contributed by atoms with Crippen LogP contribution in [0.3, 0.4) is 0 Å². The summed E-state index contributed by atoms with van der Waals surface area (Å²) in [5.41, 5.74) is 0.687. The van der Waals surface area contributed by atoms with Crippen LogP contribution in [-0.4, -0.2) is 36.7 Å². The third-order valence-electron chi connectivity index (χ3n) is 4.41. The molecule has 0 saturated heterocycles. The van der Waals surface area contributed by atoms with Crippen molar-refractivity contribution in [2.75, 3.05) is 0 Å². The van der Waals surface area contributed by atoms with Gasteiger partial charge in [0, 0.05) is 25.0 Å². The summed E-state index contributed by atoms with van der Waals surface area (Å²) in [4.78, 5) is 21.0. The molecule has 1 N–H and O–H groups in total. The summed E-state index contributed by atoms with van der Waals surface area (Å²) < 4.78 is 2.00. The zero-order valence-corrected chi connectivity index (χ0v) is 13.6. The molecule has 1 aliphatic rings. The van der Waals surface area contributed by atoms with E-state index in [4.69, 9.17) is 0 Å². The van der Waals surface area contributed by atoms with Gasteiger partial charge in [-0.25, -0.2) is 4.98 Å². The Bertz CT molecular complexity index is 664. The average Bonchev–Trinajstić information content (AvgIpc) is 3.04. The van der Waals surface area contributed by atoms with E-state index in [-0.39, 0.29) is 17.9 Å². The fourth-order valence-electron chi connectivity index (χ4n) is 3.02. The van der Waals surface area contributed by atoms with E-state index in [1.54, 1.807) is 18.6 Å². The van der Waals surface area contributed by atoms with Gasteiger partial charge in [0.25, 0.3) is 0 Å². The van der Waals surface area contributed by atoms with Crippen molar-refractivity contribution in [1.82, 2.24) is 30.0 Å². The highest BCUT2D eigenvalue weighted by Gasteiger charge is 2.31. The molecule has 0 bridgehead atoms. The van der Waals surface area contributed by atoms with Gasteiger partial charge in [0.1, 0.15) is 11.5 Å². The lowest BCUT2D eigenvalue weighted by Crippen LogP contribution is -2.39. The first kappa shape index (κ1) is 15.6. The van der Waals surface area contributed by atoms with Crippen LogP contribution < -0.4 is 5.32 Å². The van der Waals surface area contributed by atoms with E-state index in [0.29, 0.717) is 11.5 Å². The van der Waals surface area contributed by atoms with Crippen molar-refractivity contribution >= 4 is 5.91 Å². The SMILES string of the molecule is CCC(CC)NC(=O)C1CCCn2c(-c3cnccn3)nnc21. The highest BCUT2D eigenvalue weighted by atomic mass is 16.2. The van der Waals surface area contributed by atoms with Gasteiger partial charge in [-0.3, -0.25) is 9.78 Å². The first-order chi connectivity index (χ1) is 11.2. The van der Waals surface area contributed by atoms with Crippen LogP contribution in [0.4, 0.5) is 0 Å². The Morgan fingerprint density at radius 1 is 1.35 bits per heavy atom. The molecule has 23 heavy (non-hydrogen) atoms. The fourth-order valence-corrected chi connectivity index (χ4v) is 3.02. The molecule has 2 aromatic heterocycles. The maximum absolute atomic E-state index is 12.6. The Hall–Kier alpha value is -2.31. The number of nitrogens with zero attached hydrogens (tertiary/aromatic N) is 5. The molecular weight excluding hydrogens is 292 g/mol. The third-order valence-corrected chi connectivity index (χ3v) is 4.41. The quantitative estimate of drug-likeness (QED) is 0.911. The van der Waals surface area contributed by atoms with E-state index in [0.717, 1.165) is 38.1 Å². The predicted molar refractivity (Wildman–Crippen MR) is 85.5 cm³/mol. The molecule has 0 radical (unpaired) electrons. The first-order valence-electron chi connectivity index (χ1n) is 8.24. The van der Waals surface area contributed by atoms with E-state index in [1.165, 1.54) is 0 Å². The Labute approximate surface area is 135 Å². The second-order valence-electron chi connectivity index (χ2n) is 5.84. The molecule has 7 nitrogen and oxygen atoms in total. The number of aromatic nitrogens is 5. The normalized spacial score (nSPS) is 17.1. The molecule has 0 spiro atoms. The minimum absolute atomic E-state index is 0.0535. The number of rotatable bonds is 5. The van der Waals surface area contributed by atoms with Crippen molar-refractivity contribution in [2.24, 2.45) is 0 Å². The molecule has 122 valence electrons. The van der Waals surface area contributed by atoms with Crippen molar-refractivity contribution in [2.45, 2.75) is 58.0 Å². The number of carbonyl (C=O) groups is 1. The smallest absolute Gasteiger partial charge is 0.231 e.